The SMILES string of the molecule is C=C(CC(CC(C)(C)CC(C)CCCC(=O)OCCO)C(=O)ONNO)C(=O)O. The average molecular weight is 418 g/mol. The molecule has 0 saturated heterocycles. The van der Waals surface area contributed by atoms with Crippen LogP contribution in [0.25, 0.3) is 0 Å². The van der Waals surface area contributed by atoms with Crippen molar-refractivity contribution in [2.45, 2.75) is 59.3 Å². The van der Waals surface area contributed by atoms with Crippen molar-refractivity contribution in [3.05, 3.63) is 12.2 Å². The quantitative estimate of drug-likeness (QED) is 0.142. The van der Waals surface area contributed by atoms with Crippen molar-refractivity contribution in [2.24, 2.45) is 17.3 Å². The lowest BCUT2D eigenvalue weighted by atomic mass is 9.74. The molecule has 0 rings (SSSR count). The third-order valence-electron chi connectivity index (χ3n) is 4.46. The molecule has 0 aliphatic carbocycles. The van der Waals surface area contributed by atoms with Crippen molar-refractivity contribution in [3.8, 4) is 0 Å². The van der Waals surface area contributed by atoms with E-state index in [2.05, 4.69) is 11.4 Å². The highest BCUT2D eigenvalue weighted by Gasteiger charge is 2.32. The Balaban J connectivity index is 4.72. The second kappa shape index (κ2) is 14.0. The van der Waals surface area contributed by atoms with Gasteiger partial charge < -0.3 is 19.8 Å². The van der Waals surface area contributed by atoms with Gasteiger partial charge >= 0.3 is 17.9 Å². The molecule has 0 aromatic carbocycles. The molecule has 168 valence electrons. The molecule has 0 saturated carbocycles. The highest BCUT2D eigenvalue weighted by molar-refractivity contribution is 5.87. The van der Waals surface area contributed by atoms with Crippen LogP contribution in [0.3, 0.4) is 0 Å². The van der Waals surface area contributed by atoms with E-state index in [1.54, 1.807) is 0 Å². The van der Waals surface area contributed by atoms with Gasteiger partial charge in [-0.25, -0.2) is 9.59 Å². The van der Waals surface area contributed by atoms with Gasteiger partial charge in [-0.2, -0.15) is 0 Å². The van der Waals surface area contributed by atoms with Gasteiger partial charge in [-0.05, 0) is 37.0 Å². The molecule has 0 bridgehead atoms. The summed E-state index contributed by atoms with van der Waals surface area (Å²) in [6.45, 7) is 9.27. The molecule has 10 heteroatoms. The molecule has 10 nitrogen and oxygen atoms in total. The zero-order valence-electron chi connectivity index (χ0n) is 17.4. The largest absolute Gasteiger partial charge is 0.478 e. The maximum absolute atomic E-state index is 12.2. The minimum Gasteiger partial charge on any atom is -0.478 e. The van der Waals surface area contributed by atoms with Crippen LogP contribution in [0.4, 0.5) is 0 Å². The van der Waals surface area contributed by atoms with Crippen molar-refractivity contribution >= 4 is 17.9 Å². The number of ether oxygens (including phenoxy) is 1. The molecule has 0 amide bonds. The highest BCUT2D eigenvalue weighted by atomic mass is 16.8. The van der Waals surface area contributed by atoms with E-state index in [0.717, 1.165) is 12.8 Å². The number of aliphatic hydroxyl groups is 1. The molecule has 0 heterocycles. The number of carbonyl (C=O) groups excluding carboxylic acids is 2. The summed E-state index contributed by atoms with van der Waals surface area (Å²) in [5.41, 5.74) is 2.90. The van der Waals surface area contributed by atoms with Crippen LogP contribution < -0.4 is 11.2 Å². The minimum atomic E-state index is -1.18. The third kappa shape index (κ3) is 12.9. The summed E-state index contributed by atoms with van der Waals surface area (Å²) in [5.74, 6) is -2.73. The summed E-state index contributed by atoms with van der Waals surface area (Å²) in [6.07, 6.45) is 2.73. The smallest absolute Gasteiger partial charge is 0.330 e. The molecular weight excluding hydrogens is 384 g/mol. The predicted octanol–water partition coefficient (Wildman–Crippen LogP) is 1.72. The second-order valence-corrected chi connectivity index (χ2v) is 7.96. The number of aliphatic hydroxyl groups excluding tert-OH is 1. The summed E-state index contributed by atoms with van der Waals surface area (Å²) >= 11 is 0. The number of carboxylic acid groups (broad SMARTS) is 1. The monoisotopic (exact) mass is 418 g/mol. The molecule has 0 fully saturated rings. The van der Waals surface area contributed by atoms with Crippen LogP contribution in [0.15, 0.2) is 12.2 Å². The fourth-order valence-corrected chi connectivity index (χ4v) is 3.40. The molecule has 2 unspecified atom stereocenters. The first-order valence-electron chi connectivity index (χ1n) is 9.54. The lowest BCUT2D eigenvalue weighted by Gasteiger charge is -2.31. The van der Waals surface area contributed by atoms with Gasteiger partial charge in [0.2, 0.25) is 0 Å². The fraction of sp³-hybridized carbons (Fsp3) is 0.737. The molecule has 29 heavy (non-hydrogen) atoms. The van der Waals surface area contributed by atoms with Gasteiger partial charge in [-0.1, -0.05) is 39.4 Å². The maximum atomic E-state index is 12.2. The number of rotatable bonds is 16. The van der Waals surface area contributed by atoms with Gasteiger partial charge in [0.1, 0.15) is 6.61 Å². The zero-order valence-corrected chi connectivity index (χ0v) is 17.4. The number of hydrogen-bond donors (Lipinski definition) is 5. The number of carboxylic acids is 1. The Hall–Kier alpha value is -2.01. The van der Waals surface area contributed by atoms with Crippen molar-refractivity contribution in [2.75, 3.05) is 13.2 Å². The van der Waals surface area contributed by atoms with Crippen molar-refractivity contribution in [3.63, 3.8) is 0 Å². The molecule has 5 N–H and O–H groups in total. The number of nitrogens with one attached hydrogen (secondary N) is 2. The molecule has 0 aliphatic rings. The Morgan fingerprint density at radius 3 is 2.41 bits per heavy atom. The number of carbonyl (C=O) groups is 3. The molecule has 2 atom stereocenters. The Morgan fingerprint density at radius 1 is 1.21 bits per heavy atom. The summed E-state index contributed by atoms with van der Waals surface area (Å²) in [4.78, 5) is 39.4. The summed E-state index contributed by atoms with van der Waals surface area (Å²) in [6, 6.07) is 0. The molecular formula is C19H34N2O8. The zero-order chi connectivity index (χ0) is 22.4. The van der Waals surface area contributed by atoms with E-state index in [-0.39, 0.29) is 48.9 Å². The second-order valence-electron chi connectivity index (χ2n) is 7.96. The van der Waals surface area contributed by atoms with E-state index >= 15 is 0 Å². The van der Waals surface area contributed by atoms with E-state index in [9.17, 15) is 14.4 Å². The van der Waals surface area contributed by atoms with E-state index in [0.29, 0.717) is 12.8 Å². The Labute approximate surface area is 171 Å². The van der Waals surface area contributed by atoms with Gasteiger partial charge in [0, 0.05) is 12.0 Å². The van der Waals surface area contributed by atoms with Crippen LogP contribution in [0.1, 0.15) is 59.3 Å². The van der Waals surface area contributed by atoms with Crippen LogP contribution in [-0.2, 0) is 24.0 Å². The topological polar surface area (TPSA) is 154 Å². The first-order valence-corrected chi connectivity index (χ1v) is 9.54. The maximum Gasteiger partial charge on any atom is 0.330 e. The van der Waals surface area contributed by atoms with E-state index in [1.165, 1.54) is 5.59 Å². The van der Waals surface area contributed by atoms with Gasteiger partial charge in [0.25, 0.3) is 0 Å². The molecule has 0 radical (unpaired) electrons. The Morgan fingerprint density at radius 2 is 1.86 bits per heavy atom. The number of aliphatic carboxylic acids is 1. The van der Waals surface area contributed by atoms with Crippen LogP contribution in [-0.4, -0.2) is 46.5 Å². The standard InChI is InChI=1S/C19H34N2O8/c1-13(6-5-7-16(23)28-9-8-22)11-19(3,4)12-15(10-14(2)17(24)25)18(26)29-21-20-27/h13,15,20-22,27H,2,5-12H2,1,3-4H3,(H,24,25). The highest BCUT2D eigenvalue weighted by Crippen LogP contribution is 2.36. The molecule has 0 spiro atoms. The number of hydrazine groups is 1. The summed E-state index contributed by atoms with van der Waals surface area (Å²) < 4.78 is 4.82. The van der Waals surface area contributed by atoms with Gasteiger partial charge in [0.05, 0.1) is 12.5 Å². The first-order chi connectivity index (χ1) is 13.5. The predicted molar refractivity (Wildman–Crippen MR) is 103 cm³/mol. The van der Waals surface area contributed by atoms with Gasteiger partial charge in [-0.15, -0.1) is 5.59 Å². The van der Waals surface area contributed by atoms with Crippen LogP contribution in [0.2, 0.25) is 0 Å². The van der Waals surface area contributed by atoms with Crippen LogP contribution in [0, 0.1) is 17.3 Å². The van der Waals surface area contributed by atoms with Crippen molar-refractivity contribution in [1.29, 1.82) is 0 Å². The van der Waals surface area contributed by atoms with Gasteiger partial charge in [-0.3, -0.25) is 10.0 Å². The molecule has 0 aromatic rings. The van der Waals surface area contributed by atoms with Crippen molar-refractivity contribution in [1.82, 2.24) is 11.2 Å². The first kappa shape index (κ1) is 27.0. The molecule has 0 aliphatic heterocycles. The van der Waals surface area contributed by atoms with Crippen LogP contribution in [0.5, 0.6) is 0 Å². The molecule has 0 aromatic heterocycles. The van der Waals surface area contributed by atoms with Crippen LogP contribution >= 0.6 is 0 Å². The average Bonchev–Trinajstić information content (AvgIpc) is 2.62. The van der Waals surface area contributed by atoms with E-state index in [4.69, 9.17) is 20.2 Å². The number of esters is 1. The fourth-order valence-electron chi connectivity index (χ4n) is 3.40. The minimum absolute atomic E-state index is 0.00119. The summed E-state index contributed by atoms with van der Waals surface area (Å²) in [5, 5.41) is 26.2. The van der Waals surface area contributed by atoms with E-state index in [1.807, 2.05) is 26.4 Å². The summed E-state index contributed by atoms with van der Waals surface area (Å²) in [7, 11) is 0. The lowest BCUT2D eigenvalue weighted by Crippen LogP contribution is -2.35. The normalized spacial score (nSPS) is 13.4. The Bertz CT molecular complexity index is 550. The van der Waals surface area contributed by atoms with Gasteiger partial charge in [0.15, 0.2) is 0 Å². The lowest BCUT2D eigenvalue weighted by molar-refractivity contribution is -0.168. The van der Waals surface area contributed by atoms with Crippen molar-refractivity contribution < 1.29 is 39.4 Å². The Kier molecular flexibility index (Phi) is 13.1. The van der Waals surface area contributed by atoms with E-state index < -0.39 is 17.9 Å². The number of hydrogen-bond acceptors (Lipinski definition) is 9. The third-order valence-corrected chi connectivity index (χ3v) is 4.46.